The molecule has 0 spiro atoms. The maximum absolute atomic E-state index is 10.8. The molecular formula is C13H12N2O2. The van der Waals surface area contributed by atoms with Crippen LogP contribution in [0.25, 0.3) is 0 Å². The Morgan fingerprint density at radius 2 is 2.06 bits per heavy atom. The Morgan fingerprint density at radius 1 is 1.29 bits per heavy atom. The highest BCUT2D eigenvalue weighted by molar-refractivity contribution is 5.86. The Balaban J connectivity index is 2.28. The predicted molar refractivity (Wildman–Crippen MR) is 65.7 cm³/mol. The number of pyridine rings is 1. The molecule has 0 bridgehead atoms. The largest absolute Gasteiger partial charge is 0.477 e. The molecule has 0 aliphatic heterocycles. The lowest BCUT2D eigenvalue weighted by Crippen LogP contribution is -2.01. The van der Waals surface area contributed by atoms with E-state index in [1.54, 1.807) is 6.07 Å². The zero-order valence-electron chi connectivity index (χ0n) is 9.34. The Hall–Kier alpha value is -2.36. The first-order valence-electron chi connectivity index (χ1n) is 5.19. The molecule has 0 amide bonds. The van der Waals surface area contributed by atoms with Gasteiger partial charge in [-0.1, -0.05) is 18.2 Å². The third kappa shape index (κ3) is 2.60. The standard InChI is InChI=1S/C13H12N2O2/c1-9-4-2-3-5-11(9)15-10-6-7-14-12(8-10)13(16)17/h2-8H,1H3,(H,14,15)(H,16,17). The van der Waals surface area contributed by atoms with Crippen molar-refractivity contribution in [2.45, 2.75) is 6.92 Å². The minimum atomic E-state index is -1.03. The molecule has 0 aliphatic carbocycles. The van der Waals surface area contributed by atoms with Crippen molar-refractivity contribution in [2.75, 3.05) is 5.32 Å². The van der Waals surface area contributed by atoms with Crippen molar-refractivity contribution in [1.82, 2.24) is 4.98 Å². The number of nitrogens with zero attached hydrogens (tertiary/aromatic N) is 1. The second-order valence-corrected chi connectivity index (χ2v) is 3.67. The number of benzene rings is 1. The summed E-state index contributed by atoms with van der Waals surface area (Å²) in [6.45, 7) is 1.99. The highest BCUT2D eigenvalue weighted by Gasteiger charge is 2.05. The van der Waals surface area contributed by atoms with E-state index in [0.717, 1.165) is 11.3 Å². The normalized spacial score (nSPS) is 9.94. The predicted octanol–water partition coefficient (Wildman–Crippen LogP) is 2.83. The number of carboxylic acid groups (broad SMARTS) is 1. The summed E-state index contributed by atoms with van der Waals surface area (Å²) in [4.78, 5) is 14.5. The molecule has 2 N–H and O–H groups in total. The molecule has 0 radical (unpaired) electrons. The summed E-state index contributed by atoms with van der Waals surface area (Å²) in [5.74, 6) is -1.03. The van der Waals surface area contributed by atoms with Gasteiger partial charge in [-0.25, -0.2) is 9.78 Å². The molecular weight excluding hydrogens is 216 g/mol. The fraction of sp³-hybridized carbons (Fsp3) is 0.0769. The lowest BCUT2D eigenvalue weighted by Gasteiger charge is -2.09. The van der Waals surface area contributed by atoms with Crippen LogP contribution in [0.2, 0.25) is 0 Å². The van der Waals surface area contributed by atoms with Gasteiger partial charge in [0.15, 0.2) is 0 Å². The SMILES string of the molecule is Cc1ccccc1Nc1ccnc(C(=O)O)c1. The summed E-state index contributed by atoms with van der Waals surface area (Å²) < 4.78 is 0. The van der Waals surface area contributed by atoms with E-state index in [-0.39, 0.29) is 5.69 Å². The van der Waals surface area contributed by atoms with E-state index in [1.807, 2.05) is 31.2 Å². The highest BCUT2D eigenvalue weighted by atomic mass is 16.4. The topological polar surface area (TPSA) is 62.2 Å². The highest BCUT2D eigenvalue weighted by Crippen LogP contribution is 2.19. The number of hydrogen-bond donors (Lipinski definition) is 2. The molecule has 0 saturated heterocycles. The Kier molecular flexibility index (Phi) is 3.05. The van der Waals surface area contributed by atoms with Crippen LogP contribution in [0.4, 0.5) is 11.4 Å². The molecule has 1 heterocycles. The first-order chi connectivity index (χ1) is 8.16. The Morgan fingerprint density at radius 3 is 2.76 bits per heavy atom. The molecule has 2 rings (SSSR count). The minimum absolute atomic E-state index is 0.0311. The van der Waals surface area contributed by atoms with Crippen molar-refractivity contribution in [3.05, 3.63) is 53.9 Å². The van der Waals surface area contributed by atoms with Gasteiger partial charge in [0, 0.05) is 17.6 Å². The first kappa shape index (κ1) is 11.1. The van der Waals surface area contributed by atoms with Gasteiger partial charge in [0.05, 0.1) is 0 Å². The van der Waals surface area contributed by atoms with Crippen LogP contribution < -0.4 is 5.32 Å². The van der Waals surface area contributed by atoms with Crippen molar-refractivity contribution >= 4 is 17.3 Å². The quantitative estimate of drug-likeness (QED) is 0.847. The van der Waals surface area contributed by atoms with Gasteiger partial charge >= 0.3 is 5.97 Å². The van der Waals surface area contributed by atoms with Crippen LogP contribution >= 0.6 is 0 Å². The fourth-order valence-corrected chi connectivity index (χ4v) is 1.49. The summed E-state index contributed by atoms with van der Waals surface area (Å²) >= 11 is 0. The lowest BCUT2D eigenvalue weighted by atomic mass is 10.2. The number of anilines is 2. The Bertz CT molecular complexity index is 553. The van der Waals surface area contributed by atoms with Gasteiger partial charge in [-0.05, 0) is 30.7 Å². The van der Waals surface area contributed by atoms with Crippen molar-refractivity contribution in [3.63, 3.8) is 0 Å². The number of nitrogens with one attached hydrogen (secondary N) is 1. The Labute approximate surface area is 98.9 Å². The fourth-order valence-electron chi connectivity index (χ4n) is 1.49. The summed E-state index contributed by atoms with van der Waals surface area (Å²) in [5.41, 5.74) is 2.80. The van der Waals surface area contributed by atoms with Crippen molar-refractivity contribution in [1.29, 1.82) is 0 Å². The molecule has 1 aromatic heterocycles. The van der Waals surface area contributed by atoms with Crippen LogP contribution in [-0.2, 0) is 0 Å². The van der Waals surface area contributed by atoms with E-state index in [1.165, 1.54) is 12.3 Å². The molecule has 0 unspecified atom stereocenters. The summed E-state index contributed by atoms with van der Waals surface area (Å²) in [6, 6.07) is 11.1. The number of aromatic nitrogens is 1. The average Bonchev–Trinajstić information content (AvgIpc) is 2.32. The summed E-state index contributed by atoms with van der Waals surface area (Å²) in [7, 11) is 0. The van der Waals surface area contributed by atoms with E-state index in [0.29, 0.717) is 5.69 Å². The lowest BCUT2D eigenvalue weighted by molar-refractivity contribution is 0.0690. The molecule has 0 fully saturated rings. The maximum atomic E-state index is 10.8. The number of carbonyl (C=O) groups is 1. The van der Waals surface area contributed by atoms with Gasteiger partial charge in [-0.2, -0.15) is 0 Å². The van der Waals surface area contributed by atoms with E-state index >= 15 is 0 Å². The van der Waals surface area contributed by atoms with Crippen LogP contribution in [0.3, 0.4) is 0 Å². The first-order valence-corrected chi connectivity index (χ1v) is 5.19. The van der Waals surface area contributed by atoms with Gasteiger partial charge in [0.25, 0.3) is 0 Å². The molecule has 17 heavy (non-hydrogen) atoms. The zero-order valence-corrected chi connectivity index (χ0v) is 9.34. The number of para-hydroxylation sites is 1. The number of rotatable bonds is 3. The number of carboxylic acids is 1. The molecule has 0 aliphatic rings. The van der Waals surface area contributed by atoms with E-state index in [4.69, 9.17) is 5.11 Å². The minimum Gasteiger partial charge on any atom is -0.477 e. The number of aryl methyl sites for hydroxylation is 1. The molecule has 0 saturated carbocycles. The summed E-state index contributed by atoms with van der Waals surface area (Å²) in [5, 5.41) is 12.0. The van der Waals surface area contributed by atoms with E-state index in [2.05, 4.69) is 10.3 Å². The third-order valence-corrected chi connectivity index (χ3v) is 2.40. The van der Waals surface area contributed by atoms with Crippen LogP contribution in [-0.4, -0.2) is 16.1 Å². The second-order valence-electron chi connectivity index (χ2n) is 3.67. The van der Waals surface area contributed by atoms with E-state index < -0.39 is 5.97 Å². The molecule has 4 nitrogen and oxygen atoms in total. The van der Waals surface area contributed by atoms with Gasteiger partial charge in [-0.3, -0.25) is 0 Å². The van der Waals surface area contributed by atoms with Crippen LogP contribution in [0.1, 0.15) is 16.1 Å². The van der Waals surface area contributed by atoms with Crippen molar-refractivity contribution in [3.8, 4) is 0 Å². The zero-order chi connectivity index (χ0) is 12.3. The monoisotopic (exact) mass is 228 g/mol. The van der Waals surface area contributed by atoms with Gasteiger partial charge in [-0.15, -0.1) is 0 Å². The van der Waals surface area contributed by atoms with Gasteiger partial charge in [0.1, 0.15) is 5.69 Å². The van der Waals surface area contributed by atoms with Crippen LogP contribution in [0.15, 0.2) is 42.6 Å². The summed E-state index contributed by atoms with van der Waals surface area (Å²) in [6.07, 6.45) is 1.48. The van der Waals surface area contributed by atoms with Crippen LogP contribution in [0.5, 0.6) is 0 Å². The van der Waals surface area contributed by atoms with Gasteiger partial charge in [0.2, 0.25) is 0 Å². The molecule has 86 valence electrons. The molecule has 1 aromatic carbocycles. The average molecular weight is 228 g/mol. The van der Waals surface area contributed by atoms with Crippen molar-refractivity contribution < 1.29 is 9.90 Å². The molecule has 2 aromatic rings. The van der Waals surface area contributed by atoms with Gasteiger partial charge < -0.3 is 10.4 Å². The van der Waals surface area contributed by atoms with Crippen molar-refractivity contribution in [2.24, 2.45) is 0 Å². The molecule has 4 heteroatoms. The number of aromatic carboxylic acids is 1. The van der Waals surface area contributed by atoms with E-state index in [9.17, 15) is 4.79 Å². The second kappa shape index (κ2) is 4.65. The number of hydrogen-bond acceptors (Lipinski definition) is 3. The smallest absolute Gasteiger partial charge is 0.354 e. The van der Waals surface area contributed by atoms with Crippen LogP contribution in [0, 0.1) is 6.92 Å². The maximum Gasteiger partial charge on any atom is 0.354 e. The third-order valence-electron chi connectivity index (χ3n) is 2.40. The molecule has 0 atom stereocenters.